The molecular weight excluding hydrogens is 160 g/mol. The van der Waals surface area contributed by atoms with Crippen molar-refractivity contribution in [1.82, 2.24) is 0 Å². The lowest BCUT2D eigenvalue weighted by atomic mass is 10.3. The molecule has 0 rings (SSSR count). The summed E-state index contributed by atoms with van der Waals surface area (Å²) in [7, 11) is -0.753. The summed E-state index contributed by atoms with van der Waals surface area (Å²) in [5.74, 6) is 1.31. The number of aldehydes is 1. The zero-order chi connectivity index (χ0) is 8.53. The van der Waals surface area contributed by atoms with Gasteiger partial charge in [-0.15, -0.1) is 0 Å². The van der Waals surface area contributed by atoms with Crippen LogP contribution < -0.4 is 0 Å². The van der Waals surface area contributed by atoms with Crippen molar-refractivity contribution in [3.05, 3.63) is 0 Å². The summed E-state index contributed by atoms with van der Waals surface area (Å²) in [6.07, 6.45) is 4.61. The first-order chi connectivity index (χ1) is 5.31. The Labute approximate surface area is 70.8 Å². The number of hydrogen-bond donors (Lipinski definition) is 0. The van der Waals surface area contributed by atoms with Gasteiger partial charge < -0.3 is 4.79 Å². The van der Waals surface area contributed by atoms with Crippen LogP contribution in [-0.2, 0) is 15.6 Å². The predicted molar refractivity (Wildman–Crippen MR) is 48.1 cm³/mol. The monoisotopic (exact) mass is 176 g/mol. The predicted octanol–water partition coefficient (Wildman–Crippen LogP) is 1.51. The second-order valence-electron chi connectivity index (χ2n) is 2.51. The lowest BCUT2D eigenvalue weighted by Crippen LogP contribution is -2.02. The smallest absolute Gasteiger partial charge is 0.120 e. The molecule has 0 saturated carbocycles. The van der Waals surface area contributed by atoms with Crippen molar-refractivity contribution in [3.63, 3.8) is 0 Å². The second kappa shape index (κ2) is 7.92. The molecule has 66 valence electrons. The van der Waals surface area contributed by atoms with E-state index in [1.165, 1.54) is 0 Å². The van der Waals surface area contributed by atoms with Gasteiger partial charge in [0.05, 0.1) is 0 Å². The summed E-state index contributed by atoms with van der Waals surface area (Å²) in [5.41, 5.74) is 0. The van der Waals surface area contributed by atoms with Crippen molar-refractivity contribution in [2.24, 2.45) is 0 Å². The van der Waals surface area contributed by atoms with Crippen molar-refractivity contribution < 1.29 is 9.00 Å². The number of hydrogen-bond acceptors (Lipinski definition) is 2. The molecule has 0 aliphatic carbocycles. The molecule has 1 unspecified atom stereocenters. The van der Waals surface area contributed by atoms with E-state index in [1.54, 1.807) is 0 Å². The Morgan fingerprint density at radius 2 is 2.00 bits per heavy atom. The van der Waals surface area contributed by atoms with Crippen molar-refractivity contribution in [2.45, 2.75) is 32.6 Å². The normalized spacial score (nSPS) is 12.8. The van der Waals surface area contributed by atoms with Gasteiger partial charge in [0, 0.05) is 28.7 Å². The molecule has 0 fully saturated rings. The molecule has 0 amide bonds. The van der Waals surface area contributed by atoms with E-state index >= 15 is 0 Å². The van der Waals surface area contributed by atoms with E-state index in [-0.39, 0.29) is 0 Å². The molecule has 0 aliphatic rings. The van der Waals surface area contributed by atoms with Crippen LogP contribution in [0.15, 0.2) is 0 Å². The maximum Gasteiger partial charge on any atom is 0.120 e. The molecule has 0 radical (unpaired) electrons. The van der Waals surface area contributed by atoms with Crippen molar-refractivity contribution in [1.29, 1.82) is 0 Å². The van der Waals surface area contributed by atoms with Gasteiger partial charge in [0.15, 0.2) is 0 Å². The lowest BCUT2D eigenvalue weighted by molar-refractivity contribution is -0.107. The third-order valence-corrected chi connectivity index (χ3v) is 2.87. The standard InChI is InChI=1S/C8H16O2S/c1-2-3-4-7-11(10)8-5-6-9/h6H,2-5,7-8H2,1H3. The highest BCUT2D eigenvalue weighted by Crippen LogP contribution is 1.96. The SMILES string of the molecule is CCCCCS(=O)CCC=O. The quantitative estimate of drug-likeness (QED) is 0.435. The van der Waals surface area contributed by atoms with Crippen LogP contribution in [0.5, 0.6) is 0 Å². The molecule has 0 aromatic rings. The van der Waals surface area contributed by atoms with Gasteiger partial charge in [0.1, 0.15) is 6.29 Å². The van der Waals surface area contributed by atoms with E-state index in [9.17, 15) is 9.00 Å². The first-order valence-corrected chi connectivity index (χ1v) is 5.58. The highest BCUT2D eigenvalue weighted by Gasteiger charge is 1.97. The molecule has 0 aromatic heterocycles. The molecule has 0 N–H and O–H groups in total. The Hall–Kier alpha value is -0.180. The number of carbonyl (C=O) groups excluding carboxylic acids is 1. The topological polar surface area (TPSA) is 34.1 Å². The van der Waals surface area contributed by atoms with Gasteiger partial charge in [-0.25, -0.2) is 0 Å². The zero-order valence-corrected chi connectivity index (χ0v) is 7.86. The van der Waals surface area contributed by atoms with Crippen molar-refractivity contribution >= 4 is 17.1 Å². The van der Waals surface area contributed by atoms with Gasteiger partial charge in [0.25, 0.3) is 0 Å². The van der Waals surface area contributed by atoms with Crippen LogP contribution in [-0.4, -0.2) is 22.0 Å². The third kappa shape index (κ3) is 7.72. The van der Waals surface area contributed by atoms with Crippen LogP contribution in [0.25, 0.3) is 0 Å². The van der Waals surface area contributed by atoms with Gasteiger partial charge in [-0.3, -0.25) is 4.21 Å². The van der Waals surface area contributed by atoms with Gasteiger partial charge in [-0.05, 0) is 6.42 Å². The van der Waals surface area contributed by atoms with E-state index in [4.69, 9.17) is 0 Å². The summed E-state index contributed by atoms with van der Waals surface area (Å²) in [6.45, 7) is 2.12. The van der Waals surface area contributed by atoms with E-state index in [2.05, 4.69) is 6.92 Å². The number of unbranched alkanes of at least 4 members (excludes halogenated alkanes) is 2. The van der Waals surface area contributed by atoms with Crippen molar-refractivity contribution in [3.8, 4) is 0 Å². The minimum atomic E-state index is -0.753. The van der Waals surface area contributed by atoms with E-state index in [0.29, 0.717) is 12.2 Å². The summed E-state index contributed by atoms with van der Waals surface area (Å²) >= 11 is 0. The fourth-order valence-corrected chi connectivity index (χ4v) is 1.88. The fourth-order valence-electron chi connectivity index (χ4n) is 0.795. The van der Waals surface area contributed by atoms with Crippen molar-refractivity contribution in [2.75, 3.05) is 11.5 Å². The van der Waals surface area contributed by atoms with Crippen LogP contribution >= 0.6 is 0 Å². The average molecular weight is 176 g/mol. The molecule has 0 spiro atoms. The van der Waals surface area contributed by atoms with E-state index in [1.807, 2.05) is 0 Å². The van der Waals surface area contributed by atoms with Crippen LogP contribution in [0.2, 0.25) is 0 Å². The molecular formula is C8H16O2S. The fraction of sp³-hybridized carbons (Fsp3) is 0.875. The summed E-state index contributed by atoms with van der Waals surface area (Å²) in [5, 5.41) is 0. The van der Waals surface area contributed by atoms with Crippen LogP contribution in [0.3, 0.4) is 0 Å². The van der Waals surface area contributed by atoms with Gasteiger partial charge >= 0.3 is 0 Å². The van der Waals surface area contributed by atoms with E-state index < -0.39 is 10.8 Å². The largest absolute Gasteiger partial charge is 0.303 e. The van der Waals surface area contributed by atoms with Gasteiger partial charge in [-0.2, -0.15) is 0 Å². The molecule has 0 saturated heterocycles. The van der Waals surface area contributed by atoms with Crippen LogP contribution in [0.4, 0.5) is 0 Å². The molecule has 1 atom stereocenters. The minimum absolute atomic E-state index is 0.443. The Morgan fingerprint density at radius 1 is 1.27 bits per heavy atom. The first kappa shape index (κ1) is 10.8. The summed E-state index contributed by atoms with van der Waals surface area (Å²) < 4.78 is 11.0. The molecule has 0 bridgehead atoms. The Bertz CT molecular complexity index is 123. The minimum Gasteiger partial charge on any atom is -0.303 e. The van der Waals surface area contributed by atoms with Crippen LogP contribution in [0.1, 0.15) is 32.6 Å². The molecule has 0 aromatic carbocycles. The maximum absolute atomic E-state index is 11.0. The highest BCUT2D eigenvalue weighted by molar-refractivity contribution is 7.84. The molecule has 3 heteroatoms. The number of rotatable bonds is 7. The van der Waals surface area contributed by atoms with Gasteiger partial charge in [-0.1, -0.05) is 19.8 Å². The molecule has 11 heavy (non-hydrogen) atoms. The second-order valence-corrected chi connectivity index (χ2v) is 4.21. The van der Waals surface area contributed by atoms with E-state index in [0.717, 1.165) is 31.3 Å². The Morgan fingerprint density at radius 3 is 2.55 bits per heavy atom. The molecule has 0 aliphatic heterocycles. The number of carbonyl (C=O) groups is 1. The first-order valence-electron chi connectivity index (χ1n) is 4.10. The zero-order valence-electron chi connectivity index (χ0n) is 7.04. The Kier molecular flexibility index (Phi) is 7.79. The average Bonchev–Trinajstić information content (AvgIpc) is 2.01. The highest BCUT2D eigenvalue weighted by atomic mass is 32.2. The molecule has 2 nitrogen and oxygen atoms in total. The molecule has 0 heterocycles. The summed E-state index contributed by atoms with van der Waals surface area (Å²) in [6, 6.07) is 0. The Balaban J connectivity index is 3.15. The van der Waals surface area contributed by atoms with Gasteiger partial charge in [0.2, 0.25) is 0 Å². The lowest BCUT2D eigenvalue weighted by Gasteiger charge is -1.97. The third-order valence-electron chi connectivity index (χ3n) is 1.44. The maximum atomic E-state index is 11.0. The van der Waals surface area contributed by atoms with Crippen LogP contribution in [0, 0.1) is 0 Å². The summed E-state index contributed by atoms with van der Waals surface area (Å²) in [4.78, 5) is 9.90.